The molecule has 0 unspecified atom stereocenters. The van der Waals surface area contributed by atoms with Gasteiger partial charge in [0.1, 0.15) is 11.3 Å². The van der Waals surface area contributed by atoms with Gasteiger partial charge < -0.3 is 19.8 Å². The number of amides is 1. The summed E-state index contributed by atoms with van der Waals surface area (Å²) < 4.78 is 10.8. The van der Waals surface area contributed by atoms with Gasteiger partial charge in [-0.3, -0.25) is 14.8 Å². The van der Waals surface area contributed by atoms with Crippen LogP contribution in [0.25, 0.3) is 22.6 Å². The Morgan fingerprint density at radius 1 is 1.21 bits per heavy atom. The number of fused-ring (bicyclic) bond motifs is 1. The van der Waals surface area contributed by atoms with Gasteiger partial charge in [0.25, 0.3) is 5.91 Å². The maximum atomic E-state index is 13.1. The fraction of sp³-hybridized carbons (Fsp3) is 0.333. The third kappa shape index (κ3) is 4.37. The minimum Gasteiger partial charge on any atom is -0.480 e. The highest BCUT2D eigenvalue weighted by atomic mass is 16.5. The van der Waals surface area contributed by atoms with Crippen molar-refractivity contribution >= 4 is 22.6 Å². The predicted octanol–water partition coefficient (Wildman–Crippen LogP) is 3.06. The van der Waals surface area contributed by atoms with Crippen LogP contribution in [0.1, 0.15) is 27.2 Å². The van der Waals surface area contributed by atoms with E-state index in [0.29, 0.717) is 22.8 Å². The summed E-state index contributed by atoms with van der Waals surface area (Å²) in [6, 6.07) is 8.06. The molecule has 3 N–H and O–H groups in total. The van der Waals surface area contributed by atoms with Gasteiger partial charge >= 0.3 is 0 Å². The van der Waals surface area contributed by atoms with Crippen LogP contribution in [-0.4, -0.2) is 69.4 Å². The predicted molar refractivity (Wildman–Crippen MR) is 128 cm³/mol. The summed E-state index contributed by atoms with van der Waals surface area (Å²) in [4.78, 5) is 27.9. The number of aromatic amines is 2. The van der Waals surface area contributed by atoms with Gasteiger partial charge in [0.15, 0.2) is 5.82 Å². The van der Waals surface area contributed by atoms with Gasteiger partial charge in [0, 0.05) is 25.3 Å². The number of ether oxygens (including phenoxy) is 2. The van der Waals surface area contributed by atoms with Gasteiger partial charge in [-0.25, -0.2) is 9.97 Å². The summed E-state index contributed by atoms with van der Waals surface area (Å²) in [7, 11) is 1.50. The quantitative estimate of drug-likeness (QED) is 0.403. The zero-order chi connectivity index (χ0) is 23.7. The van der Waals surface area contributed by atoms with Crippen molar-refractivity contribution in [3.05, 3.63) is 52.8 Å². The lowest BCUT2D eigenvalue weighted by Crippen LogP contribution is -2.35. The molecule has 1 saturated heterocycles. The van der Waals surface area contributed by atoms with E-state index in [9.17, 15) is 4.79 Å². The number of carbonyl (C=O) groups excluding carboxylic acids is 1. The van der Waals surface area contributed by atoms with Crippen molar-refractivity contribution in [2.75, 3.05) is 38.7 Å². The van der Waals surface area contributed by atoms with E-state index >= 15 is 0 Å². The molecule has 1 aromatic carbocycles. The second-order valence-corrected chi connectivity index (χ2v) is 8.40. The molecule has 10 nitrogen and oxygen atoms in total. The lowest BCUT2D eigenvalue weighted by molar-refractivity contribution is 0.0342. The molecule has 0 spiro atoms. The number of H-pyrrole nitrogens is 2. The molecule has 0 atom stereocenters. The molecule has 5 rings (SSSR count). The van der Waals surface area contributed by atoms with Crippen LogP contribution in [0.2, 0.25) is 0 Å². The highest BCUT2D eigenvalue weighted by Crippen LogP contribution is 2.28. The van der Waals surface area contributed by atoms with Crippen LogP contribution in [0.3, 0.4) is 0 Å². The van der Waals surface area contributed by atoms with Crippen LogP contribution in [0.4, 0.5) is 5.69 Å². The number of benzene rings is 1. The summed E-state index contributed by atoms with van der Waals surface area (Å²) in [5, 5.41) is 9.99. The van der Waals surface area contributed by atoms with Crippen molar-refractivity contribution in [1.29, 1.82) is 0 Å². The Balaban J connectivity index is 1.39. The number of pyridine rings is 1. The second kappa shape index (κ2) is 9.24. The van der Waals surface area contributed by atoms with Gasteiger partial charge in [-0.15, -0.1) is 0 Å². The van der Waals surface area contributed by atoms with Gasteiger partial charge in [-0.2, -0.15) is 5.10 Å². The smallest absolute Gasteiger partial charge is 0.261 e. The van der Waals surface area contributed by atoms with Gasteiger partial charge in [-0.05, 0) is 43.2 Å². The molecule has 34 heavy (non-hydrogen) atoms. The van der Waals surface area contributed by atoms with Crippen molar-refractivity contribution in [2.24, 2.45) is 0 Å². The third-order valence-corrected chi connectivity index (χ3v) is 5.91. The average molecular weight is 462 g/mol. The Labute approximate surface area is 196 Å². The normalized spacial score (nSPS) is 14.4. The second-order valence-electron chi connectivity index (χ2n) is 8.40. The number of anilines is 1. The molecule has 1 amide bonds. The van der Waals surface area contributed by atoms with Gasteiger partial charge in [0.2, 0.25) is 5.88 Å². The Hall–Kier alpha value is -3.76. The Bertz CT molecular complexity index is 1340. The maximum Gasteiger partial charge on any atom is 0.261 e. The first-order valence-electron chi connectivity index (χ1n) is 11.2. The first kappa shape index (κ1) is 22.1. The first-order valence-corrected chi connectivity index (χ1v) is 11.2. The lowest BCUT2D eigenvalue weighted by atomic mass is 10.1. The highest BCUT2D eigenvalue weighted by molar-refractivity contribution is 6.08. The molecule has 3 aromatic heterocycles. The largest absolute Gasteiger partial charge is 0.480 e. The number of hydrogen-bond donors (Lipinski definition) is 3. The van der Waals surface area contributed by atoms with Crippen molar-refractivity contribution in [3.8, 4) is 17.4 Å². The van der Waals surface area contributed by atoms with E-state index in [1.54, 1.807) is 6.20 Å². The zero-order valence-corrected chi connectivity index (χ0v) is 19.4. The van der Waals surface area contributed by atoms with Crippen LogP contribution < -0.4 is 10.1 Å². The van der Waals surface area contributed by atoms with E-state index in [-0.39, 0.29) is 11.8 Å². The number of methoxy groups -OCH3 is 1. The van der Waals surface area contributed by atoms with Crippen LogP contribution in [0.5, 0.6) is 5.88 Å². The number of nitrogens with zero attached hydrogens (tertiary/aromatic N) is 4. The van der Waals surface area contributed by atoms with E-state index in [1.807, 2.05) is 26.0 Å². The molecule has 1 aliphatic rings. The van der Waals surface area contributed by atoms with Crippen LogP contribution in [0, 0.1) is 13.8 Å². The minimum absolute atomic E-state index is 0.288. The number of rotatable bonds is 6. The molecule has 1 fully saturated rings. The number of imidazole rings is 1. The topological polar surface area (TPSA) is 121 Å². The van der Waals surface area contributed by atoms with E-state index in [0.717, 1.165) is 55.1 Å². The molecule has 176 valence electrons. The van der Waals surface area contributed by atoms with Crippen molar-refractivity contribution < 1.29 is 14.3 Å². The van der Waals surface area contributed by atoms with Crippen molar-refractivity contribution in [3.63, 3.8) is 0 Å². The molecule has 1 aliphatic heterocycles. The molecule has 0 saturated carbocycles. The van der Waals surface area contributed by atoms with Crippen molar-refractivity contribution in [1.82, 2.24) is 30.0 Å². The number of aromatic nitrogens is 5. The Morgan fingerprint density at radius 3 is 2.82 bits per heavy atom. The minimum atomic E-state index is -0.326. The molecule has 10 heteroatoms. The van der Waals surface area contributed by atoms with Crippen LogP contribution in [-0.2, 0) is 11.3 Å². The zero-order valence-electron chi connectivity index (χ0n) is 19.4. The number of carbonyl (C=O) groups is 1. The van der Waals surface area contributed by atoms with E-state index in [2.05, 4.69) is 42.5 Å². The number of morpholine rings is 1. The Morgan fingerprint density at radius 2 is 2.03 bits per heavy atom. The maximum absolute atomic E-state index is 13.1. The lowest BCUT2D eigenvalue weighted by Gasteiger charge is -2.26. The molecular formula is C24H27N7O3. The number of hydrogen-bond acceptors (Lipinski definition) is 7. The summed E-state index contributed by atoms with van der Waals surface area (Å²) in [5.74, 6) is 0.557. The third-order valence-electron chi connectivity index (χ3n) is 5.91. The van der Waals surface area contributed by atoms with E-state index in [1.165, 1.54) is 12.7 Å². The van der Waals surface area contributed by atoms with Crippen LogP contribution in [0.15, 0.2) is 30.5 Å². The fourth-order valence-electron chi connectivity index (χ4n) is 4.26. The van der Waals surface area contributed by atoms with Gasteiger partial charge in [-0.1, -0.05) is 6.07 Å². The molecule has 0 aliphatic carbocycles. The Kier molecular flexibility index (Phi) is 5.99. The monoisotopic (exact) mass is 461 g/mol. The summed E-state index contributed by atoms with van der Waals surface area (Å²) in [6.07, 6.45) is 1.56. The van der Waals surface area contributed by atoms with E-state index in [4.69, 9.17) is 14.5 Å². The SMILES string of the molecule is COc1nc(C)cc(C)c1C(=O)Nc1cn[nH]c1-c1nc2ccc(CN3CCOCC3)cc2[nH]1. The molecule has 0 bridgehead atoms. The number of nitrogens with one attached hydrogen (secondary N) is 3. The van der Waals surface area contributed by atoms with Crippen molar-refractivity contribution in [2.45, 2.75) is 20.4 Å². The summed E-state index contributed by atoms with van der Waals surface area (Å²) in [6.45, 7) is 8.00. The molecule has 4 aromatic rings. The van der Waals surface area contributed by atoms with Gasteiger partial charge in [0.05, 0.1) is 43.2 Å². The fourth-order valence-corrected chi connectivity index (χ4v) is 4.26. The average Bonchev–Trinajstić information content (AvgIpc) is 3.45. The standard InChI is InChI=1S/C24H27N7O3/c1-14-10-15(2)26-24(33-3)20(14)23(32)29-19-12-25-30-21(19)22-27-17-5-4-16(11-18(17)28-22)13-31-6-8-34-9-7-31/h4-5,10-12H,6-9,13H2,1-3H3,(H,25,30)(H,27,28)(H,29,32). The van der Waals surface area contributed by atoms with Crippen LogP contribution >= 0.6 is 0 Å². The molecule has 0 radical (unpaired) electrons. The molecule has 4 heterocycles. The number of aryl methyl sites for hydroxylation is 2. The van der Waals surface area contributed by atoms with E-state index < -0.39 is 0 Å². The summed E-state index contributed by atoms with van der Waals surface area (Å²) >= 11 is 0. The first-order chi connectivity index (χ1) is 16.5. The highest BCUT2D eigenvalue weighted by Gasteiger charge is 2.21. The summed E-state index contributed by atoms with van der Waals surface area (Å²) in [5.41, 5.74) is 6.03. The molecular weight excluding hydrogens is 434 g/mol.